The first-order valence-electron chi connectivity index (χ1n) is 5.48. The molecule has 1 rings (SSSR count). The Morgan fingerprint density at radius 3 is 2.14 bits per heavy atom. The average Bonchev–Trinajstić information content (AvgIpc) is 2.14. The van der Waals surface area contributed by atoms with Crippen molar-refractivity contribution in [3.05, 3.63) is 0 Å². The summed E-state index contributed by atoms with van der Waals surface area (Å²) in [6.45, 7) is 7.73. The lowest BCUT2D eigenvalue weighted by Crippen LogP contribution is -2.59. The van der Waals surface area contributed by atoms with Crippen molar-refractivity contribution < 1.29 is 14.9 Å². The Kier molecular flexibility index (Phi) is 3.56. The fourth-order valence-electron chi connectivity index (χ4n) is 2.30. The van der Waals surface area contributed by atoms with Crippen molar-refractivity contribution in [2.24, 2.45) is 5.92 Å². The van der Waals surface area contributed by atoms with E-state index in [1.807, 2.05) is 27.7 Å². The molecule has 0 aromatic heterocycles. The predicted molar refractivity (Wildman–Crippen MR) is 55.0 cm³/mol. The highest BCUT2D eigenvalue weighted by Gasteiger charge is 2.46. The largest absolute Gasteiger partial charge is 0.390 e. The van der Waals surface area contributed by atoms with Crippen LogP contribution in [0.25, 0.3) is 0 Å². The van der Waals surface area contributed by atoms with Gasteiger partial charge < -0.3 is 14.9 Å². The molecule has 1 heterocycles. The summed E-state index contributed by atoms with van der Waals surface area (Å²) in [6.07, 6.45) is 0.343. The smallest absolute Gasteiger partial charge is 0.109 e. The lowest BCUT2D eigenvalue weighted by Gasteiger charge is -2.47. The van der Waals surface area contributed by atoms with Gasteiger partial charge in [-0.15, -0.1) is 0 Å². The fourth-order valence-corrected chi connectivity index (χ4v) is 2.30. The normalized spacial score (nSPS) is 42.4. The molecule has 1 aliphatic rings. The quantitative estimate of drug-likeness (QED) is 0.710. The molecule has 0 spiro atoms. The Morgan fingerprint density at radius 1 is 1.14 bits per heavy atom. The zero-order valence-electron chi connectivity index (χ0n) is 9.53. The fraction of sp³-hybridized carbons (Fsp3) is 1.00. The molecule has 2 N–H and O–H groups in total. The molecular formula is C11H22O3. The maximum Gasteiger partial charge on any atom is 0.109 e. The second-order valence-corrected chi connectivity index (χ2v) is 4.68. The molecule has 0 aromatic rings. The molecule has 0 aromatic carbocycles. The van der Waals surface area contributed by atoms with Crippen molar-refractivity contribution in [2.75, 3.05) is 0 Å². The minimum Gasteiger partial charge on any atom is -0.390 e. The highest BCUT2D eigenvalue weighted by Crippen LogP contribution is 2.35. The monoisotopic (exact) mass is 202 g/mol. The standard InChI is InChI=1S/C11H22O3/c1-5-7-8(6-2)14-11(3,4)10(13)9(7)12/h7-10,12-13H,5-6H2,1-4H3/t7?,8?,9-,10?/m0/s1. The van der Waals surface area contributed by atoms with Crippen LogP contribution in [0.1, 0.15) is 40.5 Å². The van der Waals surface area contributed by atoms with Crippen molar-refractivity contribution in [1.82, 2.24) is 0 Å². The van der Waals surface area contributed by atoms with E-state index in [0.717, 1.165) is 12.8 Å². The van der Waals surface area contributed by atoms with Gasteiger partial charge >= 0.3 is 0 Å². The van der Waals surface area contributed by atoms with Crippen molar-refractivity contribution in [3.63, 3.8) is 0 Å². The predicted octanol–water partition coefficient (Wildman–Crippen LogP) is 1.32. The summed E-state index contributed by atoms with van der Waals surface area (Å²) in [7, 11) is 0. The number of aliphatic hydroxyl groups excluding tert-OH is 2. The third kappa shape index (κ3) is 1.95. The SMILES string of the molecule is CCC1OC(C)(C)C(O)[C@@H](O)C1CC. The zero-order chi connectivity index (χ0) is 10.9. The first-order chi connectivity index (χ1) is 6.44. The van der Waals surface area contributed by atoms with Crippen molar-refractivity contribution in [2.45, 2.75) is 64.4 Å². The van der Waals surface area contributed by atoms with Crippen molar-refractivity contribution in [1.29, 1.82) is 0 Å². The van der Waals surface area contributed by atoms with Crippen LogP contribution in [0.2, 0.25) is 0 Å². The van der Waals surface area contributed by atoms with E-state index in [0.29, 0.717) is 0 Å². The molecule has 3 nitrogen and oxygen atoms in total. The van der Waals surface area contributed by atoms with Crippen LogP contribution >= 0.6 is 0 Å². The van der Waals surface area contributed by atoms with E-state index in [1.165, 1.54) is 0 Å². The third-order valence-corrected chi connectivity index (χ3v) is 3.28. The van der Waals surface area contributed by atoms with E-state index >= 15 is 0 Å². The van der Waals surface area contributed by atoms with Gasteiger partial charge in [0.15, 0.2) is 0 Å². The maximum absolute atomic E-state index is 9.94. The highest BCUT2D eigenvalue weighted by atomic mass is 16.5. The van der Waals surface area contributed by atoms with Crippen LogP contribution in [0.15, 0.2) is 0 Å². The molecular weight excluding hydrogens is 180 g/mol. The molecule has 1 aliphatic heterocycles. The number of hydrogen-bond acceptors (Lipinski definition) is 3. The molecule has 1 fully saturated rings. The van der Waals surface area contributed by atoms with E-state index in [-0.39, 0.29) is 12.0 Å². The summed E-state index contributed by atoms with van der Waals surface area (Å²) in [5.41, 5.74) is -0.633. The topological polar surface area (TPSA) is 49.7 Å². The van der Waals surface area contributed by atoms with Crippen LogP contribution in [0.3, 0.4) is 0 Å². The van der Waals surface area contributed by atoms with Crippen LogP contribution < -0.4 is 0 Å². The minimum absolute atomic E-state index is 0.0584. The zero-order valence-corrected chi connectivity index (χ0v) is 9.53. The summed E-state index contributed by atoms with van der Waals surface area (Å²) in [5.74, 6) is 0.0584. The summed E-state index contributed by atoms with van der Waals surface area (Å²) < 4.78 is 5.80. The van der Waals surface area contributed by atoms with Crippen molar-refractivity contribution in [3.8, 4) is 0 Å². The van der Waals surface area contributed by atoms with Crippen LogP contribution in [0, 0.1) is 5.92 Å². The Bertz CT molecular complexity index is 189. The summed E-state index contributed by atoms with van der Waals surface area (Å²) in [4.78, 5) is 0. The Morgan fingerprint density at radius 2 is 1.71 bits per heavy atom. The molecule has 84 valence electrons. The highest BCUT2D eigenvalue weighted by molar-refractivity contribution is 4.95. The number of aliphatic hydroxyl groups is 2. The summed E-state index contributed by atoms with van der Waals surface area (Å²) in [5, 5.41) is 19.8. The molecule has 3 unspecified atom stereocenters. The Balaban J connectivity index is 2.82. The first-order valence-corrected chi connectivity index (χ1v) is 5.48. The second-order valence-electron chi connectivity index (χ2n) is 4.68. The Hall–Kier alpha value is -0.120. The van der Waals surface area contributed by atoms with Crippen LogP contribution in [0.5, 0.6) is 0 Å². The lowest BCUT2D eigenvalue weighted by atomic mass is 9.79. The van der Waals surface area contributed by atoms with Crippen molar-refractivity contribution >= 4 is 0 Å². The van der Waals surface area contributed by atoms with Gasteiger partial charge in [-0.25, -0.2) is 0 Å². The van der Waals surface area contributed by atoms with Gasteiger partial charge in [0.2, 0.25) is 0 Å². The van der Waals surface area contributed by atoms with E-state index in [4.69, 9.17) is 4.74 Å². The molecule has 0 amide bonds. The van der Waals surface area contributed by atoms with Gasteiger partial charge in [0.25, 0.3) is 0 Å². The minimum atomic E-state index is -0.782. The molecule has 14 heavy (non-hydrogen) atoms. The number of rotatable bonds is 2. The molecule has 4 atom stereocenters. The number of hydrogen-bond donors (Lipinski definition) is 2. The van der Waals surface area contributed by atoms with Gasteiger partial charge in [0.1, 0.15) is 6.10 Å². The van der Waals surface area contributed by atoms with Gasteiger partial charge in [-0.05, 0) is 26.7 Å². The van der Waals surface area contributed by atoms with Gasteiger partial charge in [0, 0.05) is 5.92 Å². The second kappa shape index (κ2) is 4.17. The molecule has 1 saturated heterocycles. The van der Waals surface area contributed by atoms with Gasteiger partial charge in [-0.1, -0.05) is 13.8 Å². The Labute approximate surface area is 86.1 Å². The summed E-state index contributed by atoms with van der Waals surface area (Å²) in [6, 6.07) is 0. The lowest BCUT2D eigenvalue weighted by molar-refractivity contribution is -0.239. The van der Waals surface area contributed by atoms with Crippen LogP contribution in [0.4, 0.5) is 0 Å². The van der Waals surface area contributed by atoms with Crippen LogP contribution in [-0.2, 0) is 4.74 Å². The van der Waals surface area contributed by atoms with Gasteiger partial charge in [-0.2, -0.15) is 0 Å². The molecule has 3 heteroatoms. The van der Waals surface area contributed by atoms with Gasteiger partial charge in [0.05, 0.1) is 17.8 Å². The van der Waals surface area contributed by atoms with E-state index < -0.39 is 17.8 Å². The van der Waals surface area contributed by atoms with E-state index in [1.54, 1.807) is 0 Å². The van der Waals surface area contributed by atoms with E-state index in [2.05, 4.69) is 0 Å². The molecule has 0 saturated carbocycles. The average molecular weight is 202 g/mol. The molecule has 0 radical (unpaired) electrons. The first kappa shape index (κ1) is 12.0. The summed E-state index contributed by atoms with van der Waals surface area (Å²) >= 11 is 0. The number of ether oxygens (including phenoxy) is 1. The van der Waals surface area contributed by atoms with Crippen LogP contribution in [-0.4, -0.2) is 34.1 Å². The maximum atomic E-state index is 9.94. The van der Waals surface area contributed by atoms with Gasteiger partial charge in [-0.3, -0.25) is 0 Å². The van der Waals surface area contributed by atoms with E-state index in [9.17, 15) is 10.2 Å². The third-order valence-electron chi connectivity index (χ3n) is 3.28. The molecule has 0 aliphatic carbocycles. The molecule has 0 bridgehead atoms.